The summed E-state index contributed by atoms with van der Waals surface area (Å²) < 4.78 is 39.3. The second-order valence-electron chi connectivity index (χ2n) is 8.10. The third-order valence-corrected chi connectivity index (χ3v) is 7.28. The van der Waals surface area contributed by atoms with Crippen LogP contribution in [-0.4, -0.2) is 47.0 Å². The van der Waals surface area contributed by atoms with Gasteiger partial charge >= 0.3 is 0 Å². The molecule has 0 fully saturated rings. The number of rotatable bonds is 9. The second kappa shape index (κ2) is 10.6. The molecule has 0 spiro atoms. The number of methoxy groups -OCH3 is 2. The van der Waals surface area contributed by atoms with E-state index in [9.17, 15) is 13.2 Å². The van der Waals surface area contributed by atoms with E-state index in [1.54, 1.807) is 37.4 Å². The zero-order valence-corrected chi connectivity index (χ0v) is 20.9. The highest BCUT2D eigenvalue weighted by Crippen LogP contribution is 2.35. The van der Waals surface area contributed by atoms with E-state index in [4.69, 9.17) is 9.47 Å². The molecule has 34 heavy (non-hydrogen) atoms. The van der Waals surface area contributed by atoms with Gasteiger partial charge in [0.05, 0.1) is 24.8 Å². The number of hydrogen-bond donors (Lipinski definition) is 0. The quantitative estimate of drug-likeness (QED) is 0.458. The average molecular weight is 483 g/mol. The standard InChI is InChI=1S/C26H30N2O5S/c1-19-6-10-21(11-7-19)17-27(3)26(29)18-28(24-16-22(32-4)12-15-25(24)33-5)34(30,31)23-13-8-20(2)9-14-23/h6-16H,17-18H2,1-5H3. The Labute approximate surface area is 201 Å². The third-order valence-electron chi connectivity index (χ3n) is 5.51. The van der Waals surface area contributed by atoms with E-state index in [-0.39, 0.29) is 16.5 Å². The van der Waals surface area contributed by atoms with Crippen molar-refractivity contribution in [1.29, 1.82) is 0 Å². The van der Waals surface area contributed by atoms with Gasteiger partial charge in [0, 0.05) is 19.7 Å². The first kappa shape index (κ1) is 25.1. The van der Waals surface area contributed by atoms with E-state index >= 15 is 0 Å². The van der Waals surface area contributed by atoms with E-state index in [2.05, 4.69) is 0 Å². The minimum atomic E-state index is -4.09. The van der Waals surface area contributed by atoms with Crippen molar-refractivity contribution >= 4 is 21.6 Å². The number of aryl methyl sites for hydroxylation is 2. The van der Waals surface area contributed by atoms with Crippen molar-refractivity contribution < 1.29 is 22.7 Å². The van der Waals surface area contributed by atoms with Crippen LogP contribution in [0.25, 0.3) is 0 Å². The molecule has 0 bridgehead atoms. The van der Waals surface area contributed by atoms with Crippen LogP contribution in [0.1, 0.15) is 16.7 Å². The molecule has 0 aliphatic rings. The first-order chi connectivity index (χ1) is 16.1. The van der Waals surface area contributed by atoms with Crippen molar-refractivity contribution in [3.63, 3.8) is 0 Å². The summed E-state index contributed by atoms with van der Waals surface area (Å²) in [6.45, 7) is 3.83. The number of likely N-dealkylation sites (N-methyl/N-ethyl adjacent to an activating group) is 1. The number of hydrogen-bond acceptors (Lipinski definition) is 5. The molecule has 3 aromatic rings. The number of ether oxygens (including phenoxy) is 2. The topological polar surface area (TPSA) is 76.2 Å². The van der Waals surface area contributed by atoms with Crippen molar-refractivity contribution in [3.05, 3.63) is 83.4 Å². The summed E-state index contributed by atoms with van der Waals surface area (Å²) in [4.78, 5) is 14.8. The minimum Gasteiger partial charge on any atom is -0.497 e. The zero-order valence-electron chi connectivity index (χ0n) is 20.1. The van der Waals surface area contributed by atoms with Crippen LogP contribution in [0.2, 0.25) is 0 Å². The van der Waals surface area contributed by atoms with Crippen LogP contribution >= 0.6 is 0 Å². The molecule has 0 saturated heterocycles. The second-order valence-corrected chi connectivity index (χ2v) is 9.96. The predicted molar refractivity (Wildman–Crippen MR) is 133 cm³/mol. The summed E-state index contributed by atoms with van der Waals surface area (Å²) in [5.41, 5.74) is 3.23. The number of carbonyl (C=O) groups is 1. The molecule has 0 heterocycles. The van der Waals surface area contributed by atoms with Gasteiger partial charge in [0.25, 0.3) is 10.0 Å². The fourth-order valence-electron chi connectivity index (χ4n) is 3.43. The maximum absolute atomic E-state index is 13.7. The molecule has 3 aromatic carbocycles. The number of anilines is 1. The van der Waals surface area contributed by atoms with Gasteiger partial charge in [-0.15, -0.1) is 0 Å². The number of carbonyl (C=O) groups excluding carboxylic acids is 1. The molecule has 0 N–H and O–H groups in total. The van der Waals surface area contributed by atoms with E-state index < -0.39 is 16.6 Å². The first-order valence-electron chi connectivity index (χ1n) is 10.8. The molecule has 0 unspecified atom stereocenters. The van der Waals surface area contributed by atoms with Crippen molar-refractivity contribution in [3.8, 4) is 11.5 Å². The molecule has 0 aromatic heterocycles. The molecule has 0 radical (unpaired) electrons. The molecule has 7 nitrogen and oxygen atoms in total. The van der Waals surface area contributed by atoms with Gasteiger partial charge in [0.2, 0.25) is 5.91 Å². The summed E-state index contributed by atoms with van der Waals surface area (Å²) in [5, 5.41) is 0. The largest absolute Gasteiger partial charge is 0.497 e. The Balaban J connectivity index is 2.00. The lowest BCUT2D eigenvalue weighted by Crippen LogP contribution is -2.41. The van der Waals surface area contributed by atoms with Gasteiger partial charge < -0.3 is 14.4 Å². The maximum Gasteiger partial charge on any atom is 0.264 e. The molecule has 0 atom stereocenters. The predicted octanol–water partition coefficient (Wildman–Crippen LogP) is 4.17. The Bertz CT molecular complexity index is 1240. The Morgan fingerprint density at radius 1 is 0.853 bits per heavy atom. The summed E-state index contributed by atoms with van der Waals surface area (Å²) in [7, 11) is 0.512. The van der Waals surface area contributed by atoms with E-state index in [1.165, 1.54) is 31.3 Å². The van der Waals surface area contributed by atoms with Crippen molar-refractivity contribution in [1.82, 2.24) is 4.90 Å². The summed E-state index contributed by atoms with van der Waals surface area (Å²) in [5.74, 6) is 0.395. The first-order valence-corrected chi connectivity index (χ1v) is 12.2. The Morgan fingerprint density at radius 2 is 1.44 bits per heavy atom. The van der Waals surface area contributed by atoms with E-state index in [0.717, 1.165) is 21.0 Å². The zero-order chi connectivity index (χ0) is 24.9. The highest BCUT2D eigenvalue weighted by molar-refractivity contribution is 7.92. The molecule has 0 saturated carbocycles. The Hall–Kier alpha value is -3.52. The van der Waals surface area contributed by atoms with Crippen molar-refractivity contribution in [2.45, 2.75) is 25.3 Å². The summed E-state index contributed by atoms with van der Waals surface area (Å²) in [6, 6.07) is 19.2. The maximum atomic E-state index is 13.7. The Kier molecular flexibility index (Phi) is 7.83. The summed E-state index contributed by atoms with van der Waals surface area (Å²) in [6.07, 6.45) is 0. The number of nitrogens with zero attached hydrogens (tertiary/aromatic N) is 2. The third kappa shape index (κ3) is 5.69. The average Bonchev–Trinajstić information content (AvgIpc) is 2.83. The Morgan fingerprint density at radius 3 is 2.00 bits per heavy atom. The van der Waals surface area contributed by atoms with Gasteiger partial charge in [-0.05, 0) is 43.7 Å². The lowest BCUT2D eigenvalue weighted by Gasteiger charge is -2.28. The molecule has 8 heteroatoms. The van der Waals surface area contributed by atoms with Gasteiger partial charge in [-0.2, -0.15) is 0 Å². The summed E-state index contributed by atoms with van der Waals surface area (Å²) >= 11 is 0. The number of benzene rings is 3. The van der Waals surface area contributed by atoms with Crippen LogP contribution in [0.4, 0.5) is 5.69 Å². The molecular formula is C26H30N2O5S. The molecule has 1 amide bonds. The van der Waals surface area contributed by atoms with Crippen LogP contribution in [0.15, 0.2) is 71.6 Å². The van der Waals surface area contributed by atoms with Gasteiger partial charge in [-0.3, -0.25) is 9.10 Å². The van der Waals surface area contributed by atoms with Crippen LogP contribution in [0, 0.1) is 13.8 Å². The van der Waals surface area contributed by atoms with E-state index in [0.29, 0.717) is 18.0 Å². The lowest BCUT2D eigenvalue weighted by atomic mass is 10.1. The fourth-order valence-corrected chi connectivity index (χ4v) is 4.84. The van der Waals surface area contributed by atoms with E-state index in [1.807, 2.05) is 38.1 Å². The SMILES string of the molecule is COc1ccc(OC)c(N(CC(=O)N(C)Cc2ccc(C)cc2)S(=O)(=O)c2ccc(C)cc2)c1. The number of sulfonamides is 1. The van der Waals surface area contributed by atoms with Crippen molar-refractivity contribution in [2.75, 3.05) is 32.1 Å². The molecular weight excluding hydrogens is 452 g/mol. The lowest BCUT2D eigenvalue weighted by molar-refractivity contribution is -0.128. The minimum absolute atomic E-state index is 0.0805. The van der Waals surface area contributed by atoms with Gasteiger partial charge in [-0.25, -0.2) is 8.42 Å². The van der Waals surface area contributed by atoms with Crippen LogP contribution in [0.5, 0.6) is 11.5 Å². The van der Waals surface area contributed by atoms with Gasteiger partial charge in [-0.1, -0.05) is 47.5 Å². The van der Waals surface area contributed by atoms with Gasteiger partial charge in [0.15, 0.2) is 0 Å². The van der Waals surface area contributed by atoms with Crippen LogP contribution in [0.3, 0.4) is 0 Å². The molecule has 3 rings (SSSR count). The normalized spacial score (nSPS) is 11.1. The van der Waals surface area contributed by atoms with Gasteiger partial charge in [0.1, 0.15) is 18.0 Å². The number of amides is 1. The fraction of sp³-hybridized carbons (Fsp3) is 0.269. The molecule has 0 aliphatic carbocycles. The molecule has 0 aliphatic heterocycles. The van der Waals surface area contributed by atoms with Crippen LogP contribution < -0.4 is 13.8 Å². The van der Waals surface area contributed by atoms with Crippen LogP contribution in [-0.2, 0) is 21.4 Å². The van der Waals surface area contributed by atoms with Crippen molar-refractivity contribution in [2.24, 2.45) is 0 Å². The molecule has 180 valence electrons. The highest BCUT2D eigenvalue weighted by atomic mass is 32.2. The smallest absolute Gasteiger partial charge is 0.264 e. The highest BCUT2D eigenvalue weighted by Gasteiger charge is 2.31. The monoisotopic (exact) mass is 482 g/mol.